The van der Waals surface area contributed by atoms with Gasteiger partial charge in [0.25, 0.3) is 0 Å². The Labute approximate surface area is 94.4 Å². The molecule has 0 saturated heterocycles. The topological polar surface area (TPSA) is 44.5 Å². The maximum atomic E-state index is 4.65. The fraction of sp³-hybridized carbons (Fsp3) is 0. The second-order valence-electron chi connectivity index (χ2n) is 1.11. The number of rotatable bonds is 0. The van der Waals surface area contributed by atoms with E-state index in [0.717, 1.165) is 0 Å². The number of hydrogen-bond acceptors (Lipinski definition) is 3. The molecule has 0 bridgehead atoms. The van der Waals surface area contributed by atoms with Gasteiger partial charge < -0.3 is 15.0 Å². The third-order valence-corrected chi connectivity index (χ3v) is 0.945. The summed E-state index contributed by atoms with van der Waals surface area (Å²) in [5.41, 5.74) is 0. The van der Waals surface area contributed by atoms with Crippen LogP contribution in [-0.4, -0.2) is 15.0 Å². The Hall–Kier alpha value is 0.788. The largest absolute Gasteiger partial charge is 0.430 e. The van der Waals surface area contributed by atoms with Gasteiger partial charge in [0.1, 0.15) is 0 Å². The summed E-state index contributed by atoms with van der Waals surface area (Å²) in [6.07, 6.45) is 2.41. The molecule has 1 rings (SSSR count). The van der Waals surface area contributed by atoms with Gasteiger partial charge in [-0.1, -0.05) is 0 Å². The first-order chi connectivity index (χ1) is 3.79. The second kappa shape index (κ2) is 4.58. The van der Waals surface area contributed by atoms with Gasteiger partial charge in [0.05, 0.1) is 9.54 Å². The third kappa shape index (κ3) is 3.48. The predicted molar refractivity (Wildman–Crippen MR) is 33.4 cm³/mol. The monoisotopic (exact) mass is 296 g/mol. The number of H-pyrrole nitrogens is 2. The van der Waals surface area contributed by atoms with Crippen LogP contribution in [0.4, 0.5) is 0 Å². The van der Waals surface area contributed by atoms with Crippen molar-refractivity contribution < 1.29 is 40.4 Å². The van der Waals surface area contributed by atoms with Crippen LogP contribution in [-0.2, 0) is 0 Å². The molecular formula is C3H2N3S2Sm-. The molecule has 1 heterocycles. The molecule has 0 atom stereocenters. The van der Waals surface area contributed by atoms with Gasteiger partial charge in [-0.2, -0.15) is 0 Å². The molecule has 0 spiro atoms. The fourth-order valence-corrected chi connectivity index (χ4v) is 0.640. The normalized spacial score (nSPS) is 8.00. The zero-order chi connectivity index (χ0) is 5.98. The van der Waals surface area contributed by atoms with Crippen LogP contribution in [0.3, 0.4) is 0 Å². The summed E-state index contributed by atoms with van der Waals surface area (Å²) in [4.78, 5) is 8.68. The minimum atomic E-state index is 0. The SMILES string of the molecule is S=c1n[c-][nH]c(=S)[nH]1.[Sm]. The van der Waals surface area contributed by atoms with Crippen molar-refractivity contribution in [3.63, 3.8) is 0 Å². The van der Waals surface area contributed by atoms with Crippen LogP contribution in [0.2, 0.25) is 0 Å². The van der Waals surface area contributed by atoms with Gasteiger partial charge in [0.2, 0.25) is 0 Å². The Balaban J connectivity index is 0.000000640. The van der Waals surface area contributed by atoms with E-state index in [2.05, 4.69) is 45.7 Å². The Morgan fingerprint density at radius 2 is 2.11 bits per heavy atom. The first kappa shape index (κ1) is 9.79. The smallest absolute Gasteiger partial charge is 0.0854 e. The van der Waals surface area contributed by atoms with Crippen molar-refractivity contribution in [2.24, 2.45) is 0 Å². The van der Waals surface area contributed by atoms with Crippen molar-refractivity contribution in [2.45, 2.75) is 0 Å². The number of hydrogen-bond donors (Lipinski definition) is 2. The molecule has 1 aromatic heterocycles. The van der Waals surface area contributed by atoms with Crippen molar-refractivity contribution in [2.75, 3.05) is 0 Å². The van der Waals surface area contributed by atoms with Gasteiger partial charge in [-0.05, 0) is 0 Å². The molecule has 0 aliphatic heterocycles. The molecule has 0 amide bonds. The first-order valence-corrected chi connectivity index (χ1v) is 2.67. The van der Waals surface area contributed by atoms with Gasteiger partial charge in [0.15, 0.2) is 0 Å². The van der Waals surface area contributed by atoms with E-state index in [4.69, 9.17) is 0 Å². The zero-order valence-corrected chi connectivity index (χ0v) is 8.42. The quantitative estimate of drug-likeness (QED) is 0.554. The molecule has 0 aliphatic carbocycles. The Kier molecular flexibility index (Phi) is 4.98. The number of aromatic nitrogens is 3. The summed E-state index contributed by atoms with van der Waals surface area (Å²) < 4.78 is 0.804. The Morgan fingerprint density at radius 3 is 2.44 bits per heavy atom. The molecule has 48 valence electrons. The maximum absolute atomic E-state index is 4.65. The van der Waals surface area contributed by atoms with E-state index in [1.165, 1.54) is 0 Å². The molecule has 0 saturated carbocycles. The standard InChI is InChI=1S/C3H2N3S2.Sm/c7-2-4-1-5-3(8)6-2;/h(H2,4,5,6,7,8);/q-1;. The third-order valence-electron chi connectivity index (χ3n) is 0.547. The van der Waals surface area contributed by atoms with Gasteiger partial charge in [-0.15, -0.1) is 24.4 Å². The van der Waals surface area contributed by atoms with Crippen LogP contribution in [0.1, 0.15) is 0 Å². The van der Waals surface area contributed by atoms with E-state index in [0.29, 0.717) is 9.54 Å². The van der Waals surface area contributed by atoms with E-state index in [1.807, 2.05) is 0 Å². The molecule has 3 nitrogen and oxygen atoms in total. The van der Waals surface area contributed by atoms with Crippen molar-refractivity contribution in [3.8, 4) is 0 Å². The summed E-state index contributed by atoms with van der Waals surface area (Å²) in [6.45, 7) is 0. The molecule has 0 fully saturated rings. The minimum absolute atomic E-state index is 0. The molecule has 0 unspecified atom stereocenters. The van der Waals surface area contributed by atoms with Gasteiger partial charge >= 0.3 is 0 Å². The van der Waals surface area contributed by atoms with Crippen LogP contribution in [0.25, 0.3) is 0 Å². The molecule has 1 aromatic rings. The van der Waals surface area contributed by atoms with Crippen LogP contribution >= 0.6 is 24.4 Å². The van der Waals surface area contributed by atoms with Gasteiger partial charge in [0, 0.05) is 46.7 Å². The average molecular weight is 295 g/mol. The van der Waals surface area contributed by atoms with Crippen molar-refractivity contribution in [3.05, 3.63) is 15.9 Å². The van der Waals surface area contributed by atoms with Gasteiger partial charge in [-0.3, -0.25) is 0 Å². The van der Waals surface area contributed by atoms with Crippen molar-refractivity contribution in [1.29, 1.82) is 0 Å². The minimum Gasteiger partial charge on any atom is -0.430 e. The first-order valence-electron chi connectivity index (χ1n) is 1.86. The summed E-state index contributed by atoms with van der Waals surface area (Å²) in [7, 11) is 0. The Morgan fingerprint density at radius 1 is 1.44 bits per heavy atom. The Bertz CT molecular complexity index is 251. The number of aromatic amines is 2. The second-order valence-corrected chi connectivity index (χ2v) is 1.90. The van der Waals surface area contributed by atoms with Crippen molar-refractivity contribution >= 4 is 24.4 Å². The predicted octanol–water partition coefficient (Wildman–Crippen LogP) is 0.997. The van der Waals surface area contributed by atoms with E-state index in [9.17, 15) is 0 Å². The molecular weight excluding hydrogens is 293 g/mol. The summed E-state index contributed by atoms with van der Waals surface area (Å²) in [5, 5.41) is 0. The molecule has 0 radical (unpaired) electrons. The molecule has 6 heteroatoms. The van der Waals surface area contributed by atoms with E-state index in [1.54, 1.807) is 0 Å². The maximum Gasteiger partial charge on any atom is 0.0854 e. The summed E-state index contributed by atoms with van der Waals surface area (Å²) in [5.74, 6) is 0. The van der Waals surface area contributed by atoms with E-state index < -0.39 is 0 Å². The molecule has 0 aliphatic rings. The summed E-state index contributed by atoms with van der Waals surface area (Å²) >= 11 is 9.27. The van der Waals surface area contributed by atoms with E-state index in [-0.39, 0.29) is 40.4 Å². The zero-order valence-electron chi connectivity index (χ0n) is 4.17. The summed E-state index contributed by atoms with van der Waals surface area (Å²) in [6, 6.07) is 0. The molecule has 2 N–H and O–H groups in total. The van der Waals surface area contributed by atoms with Crippen LogP contribution in [0.15, 0.2) is 0 Å². The number of nitrogens with zero attached hydrogens (tertiary/aromatic N) is 1. The van der Waals surface area contributed by atoms with Crippen molar-refractivity contribution in [1.82, 2.24) is 15.0 Å². The number of nitrogens with one attached hydrogen (secondary N) is 2. The van der Waals surface area contributed by atoms with Gasteiger partial charge in [-0.25, -0.2) is 0 Å². The average Bonchev–Trinajstić information content (AvgIpc) is 1.64. The van der Waals surface area contributed by atoms with E-state index >= 15 is 0 Å². The molecule has 0 aromatic carbocycles. The van der Waals surface area contributed by atoms with Crippen LogP contribution in [0, 0.1) is 56.3 Å². The van der Waals surface area contributed by atoms with Crippen LogP contribution < -0.4 is 0 Å². The fourth-order valence-electron chi connectivity index (χ4n) is 0.286. The van der Waals surface area contributed by atoms with Crippen LogP contribution in [0.5, 0.6) is 0 Å². The molecule has 9 heavy (non-hydrogen) atoms.